The Balaban J connectivity index is 2.20. The summed E-state index contributed by atoms with van der Waals surface area (Å²) in [6.45, 7) is 1.51. The van der Waals surface area contributed by atoms with Gasteiger partial charge in [-0.3, -0.25) is 10.1 Å². The fourth-order valence-corrected chi connectivity index (χ4v) is 5.42. The summed E-state index contributed by atoms with van der Waals surface area (Å²) in [4.78, 5) is 25.7. The van der Waals surface area contributed by atoms with Gasteiger partial charge in [-0.15, -0.1) is 0 Å². The maximum absolute atomic E-state index is 13.1. The molecule has 0 radical (unpaired) electrons. The van der Waals surface area contributed by atoms with Crippen LogP contribution in [-0.2, 0) is 9.84 Å². The smallest absolute Gasteiger partial charge is 0.317 e. The molecule has 1 aromatic rings. The van der Waals surface area contributed by atoms with E-state index in [1.165, 1.54) is 17.0 Å². The number of amides is 2. The molecule has 9 nitrogen and oxygen atoms in total. The second-order valence-corrected chi connectivity index (χ2v) is 9.21. The van der Waals surface area contributed by atoms with E-state index in [0.717, 1.165) is 6.07 Å². The summed E-state index contributed by atoms with van der Waals surface area (Å²) >= 11 is 5.99. The van der Waals surface area contributed by atoms with Crippen LogP contribution in [0.3, 0.4) is 0 Å². The lowest BCUT2D eigenvalue weighted by molar-refractivity contribution is -0.387. The summed E-state index contributed by atoms with van der Waals surface area (Å²) in [5.74, 6) is 0. The first-order valence-corrected chi connectivity index (χ1v) is 10.4. The summed E-state index contributed by atoms with van der Waals surface area (Å²) in [6.07, 6.45) is 0.801. The molecular weight excluding hydrogens is 396 g/mol. The molecule has 2 amide bonds. The number of hydrogen-bond donors (Lipinski definition) is 1. The largest absolute Gasteiger partial charge is 0.337 e. The number of nitro benzene ring substituents is 1. The Morgan fingerprint density at radius 3 is 2.78 bits per heavy atom. The van der Waals surface area contributed by atoms with Crippen molar-refractivity contribution >= 4 is 33.2 Å². The molecule has 1 aromatic carbocycles. The zero-order valence-corrected chi connectivity index (χ0v) is 16.8. The fourth-order valence-electron chi connectivity index (χ4n) is 2.96. The number of carbonyl (C=O) groups excluding carboxylic acids is 1. The van der Waals surface area contributed by atoms with Crippen molar-refractivity contribution in [3.63, 3.8) is 0 Å². The topological polar surface area (TPSA) is 113 Å². The van der Waals surface area contributed by atoms with Crippen LogP contribution in [0.4, 0.5) is 10.5 Å². The first-order chi connectivity index (χ1) is 12.6. The van der Waals surface area contributed by atoms with Gasteiger partial charge in [0.1, 0.15) is 0 Å². The van der Waals surface area contributed by atoms with E-state index in [2.05, 4.69) is 5.32 Å². The molecule has 1 atom stereocenters. The Morgan fingerprint density at radius 1 is 1.44 bits per heavy atom. The molecular formula is C16H23ClN4O5S. The van der Waals surface area contributed by atoms with Gasteiger partial charge in [-0.05, 0) is 33.0 Å². The number of nitro groups is 1. The molecule has 2 rings (SSSR count). The Morgan fingerprint density at radius 2 is 2.15 bits per heavy atom. The van der Waals surface area contributed by atoms with Crippen LogP contribution in [0.1, 0.15) is 12.8 Å². The van der Waals surface area contributed by atoms with Crippen LogP contribution < -0.4 is 5.32 Å². The molecule has 1 heterocycles. The molecule has 1 aliphatic heterocycles. The van der Waals surface area contributed by atoms with Crippen molar-refractivity contribution in [1.82, 2.24) is 15.1 Å². The van der Waals surface area contributed by atoms with Gasteiger partial charge in [0.05, 0.1) is 15.2 Å². The van der Waals surface area contributed by atoms with Crippen molar-refractivity contribution in [2.45, 2.75) is 23.0 Å². The molecule has 150 valence electrons. The van der Waals surface area contributed by atoms with E-state index in [4.69, 9.17) is 11.6 Å². The highest BCUT2D eigenvalue weighted by molar-refractivity contribution is 7.92. The van der Waals surface area contributed by atoms with E-state index in [9.17, 15) is 23.3 Å². The third-order valence-corrected chi connectivity index (χ3v) is 7.05. The van der Waals surface area contributed by atoms with Crippen LogP contribution in [0, 0.1) is 10.1 Å². The second kappa shape index (κ2) is 8.85. The van der Waals surface area contributed by atoms with E-state index in [1.807, 2.05) is 19.0 Å². The number of likely N-dealkylation sites (N-methyl/N-ethyl adjacent to an activating group) is 1. The zero-order valence-electron chi connectivity index (χ0n) is 15.2. The lowest BCUT2D eigenvalue weighted by Gasteiger charge is -2.32. The summed E-state index contributed by atoms with van der Waals surface area (Å²) in [6, 6.07) is 3.43. The van der Waals surface area contributed by atoms with Gasteiger partial charge in [-0.2, -0.15) is 0 Å². The van der Waals surface area contributed by atoms with Gasteiger partial charge in [0.25, 0.3) is 5.69 Å². The number of hydrogen-bond acceptors (Lipinski definition) is 6. The molecule has 1 N–H and O–H groups in total. The molecule has 1 saturated heterocycles. The van der Waals surface area contributed by atoms with Crippen LogP contribution in [-0.4, -0.2) is 74.7 Å². The van der Waals surface area contributed by atoms with E-state index < -0.39 is 30.6 Å². The molecule has 27 heavy (non-hydrogen) atoms. The number of urea groups is 1. The minimum absolute atomic E-state index is 0.0293. The number of likely N-dealkylation sites (tertiary alicyclic amines) is 1. The number of sulfone groups is 1. The van der Waals surface area contributed by atoms with Gasteiger partial charge in [0.15, 0.2) is 14.7 Å². The Hall–Kier alpha value is -1.91. The maximum atomic E-state index is 13.1. The zero-order chi connectivity index (χ0) is 20.2. The van der Waals surface area contributed by atoms with Crippen LogP contribution in [0.15, 0.2) is 23.1 Å². The van der Waals surface area contributed by atoms with Gasteiger partial charge in [0, 0.05) is 32.2 Å². The van der Waals surface area contributed by atoms with Crippen LogP contribution >= 0.6 is 11.6 Å². The van der Waals surface area contributed by atoms with E-state index in [1.54, 1.807) is 0 Å². The van der Waals surface area contributed by atoms with Crippen LogP contribution in [0.25, 0.3) is 0 Å². The molecule has 1 unspecified atom stereocenters. The van der Waals surface area contributed by atoms with Crippen molar-refractivity contribution in [2.24, 2.45) is 0 Å². The van der Waals surface area contributed by atoms with Crippen molar-refractivity contribution in [3.05, 3.63) is 33.3 Å². The quantitative estimate of drug-likeness (QED) is 0.556. The highest BCUT2D eigenvalue weighted by atomic mass is 35.5. The predicted molar refractivity (Wildman–Crippen MR) is 102 cm³/mol. The summed E-state index contributed by atoms with van der Waals surface area (Å²) in [5.41, 5.74) is -0.546. The normalized spacial score (nSPS) is 17.8. The number of nitrogens with zero attached hydrogens (tertiary/aromatic N) is 3. The van der Waals surface area contributed by atoms with Crippen molar-refractivity contribution in [3.8, 4) is 0 Å². The molecule has 1 fully saturated rings. The first-order valence-electron chi connectivity index (χ1n) is 8.49. The van der Waals surface area contributed by atoms with Crippen molar-refractivity contribution < 1.29 is 18.1 Å². The Labute approximate surface area is 163 Å². The standard InChI is InChI=1S/C16H23ClN4O5S/c1-19(2)10-8-18-16(22)20-9-4-5-12(11-20)27(25,26)15-13(17)6-3-7-14(15)21(23)24/h3,6-7,12H,4-5,8-11H2,1-2H3,(H,18,22). The molecule has 0 spiro atoms. The molecule has 0 saturated carbocycles. The van der Waals surface area contributed by atoms with E-state index in [-0.39, 0.29) is 17.6 Å². The Kier molecular flexibility index (Phi) is 7.01. The lowest BCUT2D eigenvalue weighted by Crippen LogP contribution is -2.50. The molecule has 0 bridgehead atoms. The number of halogens is 1. The third kappa shape index (κ3) is 5.08. The maximum Gasteiger partial charge on any atom is 0.317 e. The minimum atomic E-state index is -4.07. The van der Waals surface area contributed by atoms with Gasteiger partial charge < -0.3 is 15.1 Å². The third-order valence-electron chi connectivity index (χ3n) is 4.37. The van der Waals surface area contributed by atoms with Crippen LogP contribution in [0.5, 0.6) is 0 Å². The highest BCUT2D eigenvalue weighted by Crippen LogP contribution is 2.35. The molecule has 1 aliphatic rings. The van der Waals surface area contributed by atoms with Crippen molar-refractivity contribution in [1.29, 1.82) is 0 Å². The van der Waals surface area contributed by atoms with Gasteiger partial charge in [-0.1, -0.05) is 17.7 Å². The van der Waals surface area contributed by atoms with Crippen LogP contribution in [0.2, 0.25) is 5.02 Å². The van der Waals surface area contributed by atoms with Gasteiger partial charge in [0.2, 0.25) is 0 Å². The van der Waals surface area contributed by atoms with E-state index in [0.29, 0.717) is 32.5 Å². The summed E-state index contributed by atoms with van der Waals surface area (Å²) in [5, 5.41) is 12.9. The average molecular weight is 419 g/mol. The number of benzene rings is 1. The minimum Gasteiger partial charge on any atom is -0.337 e. The highest BCUT2D eigenvalue weighted by Gasteiger charge is 2.39. The van der Waals surface area contributed by atoms with E-state index >= 15 is 0 Å². The number of rotatable bonds is 6. The predicted octanol–water partition coefficient (Wildman–Crippen LogP) is 1.76. The number of nitrogens with one attached hydrogen (secondary N) is 1. The molecule has 0 aromatic heterocycles. The van der Waals surface area contributed by atoms with Crippen molar-refractivity contribution in [2.75, 3.05) is 40.3 Å². The summed E-state index contributed by atoms with van der Waals surface area (Å²) < 4.78 is 26.1. The number of piperidine rings is 1. The monoisotopic (exact) mass is 418 g/mol. The molecule has 11 heteroatoms. The second-order valence-electron chi connectivity index (χ2n) is 6.64. The van der Waals surface area contributed by atoms with Gasteiger partial charge in [-0.25, -0.2) is 13.2 Å². The fraction of sp³-hybridized carbons (Fsp3) is 0.562. The average Bonchev–Trinajstić information content (AvgIpc) is 2.60. The number of carbonyl (C=O) groups is 1. The summed E-state index contributed by atoms with van der Waals surface area (Å²) in [7, 11) is -0.310. The lowest BCUT2D eigenvalue weighted by atomic mass is 10.1. The SMILES string of the molecule is CN(C)CCNC(=O)N1CCCC(S(=O)(=O)c2c(Cl)cccc2[N+](=O)[O-])C1. The Bertz CT molecular complexity index is 815. The molecule has 0 aliphatic carbocycles. The van der Waals surface area contributed by atoms with Gasteiger partial charge >= 0.3 is 6.03 Å². The first kappa shape index (κ1) is 21.4.